The van der Waals surface area contributed by atoms with Gasteiger partial charge in [-0.1, -0.05) is 6.58 Å². The number of allylic oxidation sites excluding steroid dienone is 1. The number of hydrogen-bond acceptors (Lipinski definition) is 5. The summed E-state index contributed by atoms with van der Waals surface area (Å²) in [6.07, 6.45) is 6.06. The summed E-state index contributed by atoms with van der Waals surface area (Å²) in [5, 5.41) is 2.73. The fourth-order valence-corrected chi connectivity index (χ4v) is 5.21. The van der Waals surface area contributed by atoms with E-state index in [0.29, 0.717) is 19.2 Å². The van der Waals surface area contributed by atoms with E-state index in [-0.39, 0.29) is 18.1 Å². The molecule has 1 unspecified atom stereocenters. The van der Waals surface area contributed by atoms with Gasteiger partial charge in [0, 0.05) is 28.9 Å². The number of nitrogens with one attached hydrogen (secondary N) is 1. The largest absolute Gasteiger partial charge is 0.453 e. The highest BCUT2D eigenvalue weighted by atomic mass is 32.1. The highest BCUT2D eigenvalue weighted by molar-refractivity contribution is 7.13. The summed E-state index contributed by atoms with van der Waals surface area (Å²) in [5.74, 6) is 0.152. The van der Waals surface area contributed by atoms with E-state index < -0.39 is 6.09 Å². The quantitative estimate of drug-likeness (QED) is 0.573. The number of alkyl carbamates (subject to hydrolysis) is 1. The fourth-order valence-electron chi connectivity index (χ4n) is 4.02. The molecule has 0 radical (unpaired) electrons. The van der Waals surface area contributed by atoms with Crippen LogP contribution in [0.3, 0.4) is 0 Å². The Morgan fingerprint density at radius 3 is 2.73 bits per heavy atom. The standard InChI is InChI=1S/C23H34N2O4S/c1-15(2)21-17(8-7-12-24-23(27)28-4)14-20(30-21)16(3)25(18-10-11-18)22(26)19-9-5-6-13-29-19/h14,16,18-19H,1,5-13H2,2-4H3,(H,24,27)/t16?,19-/m1/s1. The highest BCUT2D eigenvalue weighted by Gasteiger charge is 2.40. The molecule has 1 aromatic heterocycles. The van der Waals surface area contributed by atoms with Gasteiger partial charge in [0.15, 0.2) is 0 Å². The lowest BCUT2D eigenvalue weighted by atomic mass is 10.0. The van der Waals surface area contributed by atoms with E-state index in [0.717, 1.165) is 50.5 Å². The summed E-state index contributed by atoms with van der Waals surface area (Å²) in [4.78, 5) is 29.0. The number of hydrogen-bond donors (Lipinski definition) is 1. The molecule has 166 valence electrons. The summed E-state index contributed by atoms with van der Waals surface area (Å²) in [6.45, 7) is 9.56. The topological polar surface area (TPSA) is 67.9 Å². The average molecular weight is 435 g/mol. The van der Waals surface area contributed by atoms with Crippen LogP contribution in [0.1, 0.15) is 73.7 Å². The summed E-state index contributed by atoms with van der Waals surface area (Å²) in [7, 11) is 1.37. The van der Waals surface area contributed by atoms with Crippen LogP contribution in [0.25, 0.3) is 5.57 Å². The Kier molecular flexibility index (Phi) is 7.94. The Morgan fingerprint density at radius 2 is 2.13 bits per heavy atom. The van der Waals surface area contributed by atoms with Crippen molar-refractivity contribution in [3.05, 3.63) is 28.0 Å². The molecule has 2 aliphatic rings. The van der Waals surface area contributed by atoms with Crippen molar-refractivity contribution in [1.29, 1.82) is 0 Å². The van der Waals surface area contributed by atoms with Crippen molar-refractivity contribution in [2.24, 2.45) is 0 Å². The highest BCUT2D eigenvalue weighted by Crippen LogP contribution is 2.40. The first-order valence-corrected chi connectivity index (χ1v) is 11.8. The van der Waals surface area contributed by atoms with Gasteiger partial charge in [-0.05, 0) is 76.0 Å². The SMILES string of the molecule is C=C(C)c1sc(C(C)N(C(=O)[C@H]2CCCCO2)C2CC2)cc1CCCNC(=O)OC. The van der Waals surface area contributed by atoms with E-state index in [4.69, 9.17) is 4.74 Å². The minimum atomic E-state index is -0.404. The minimum absolute atomic E-state index is 0.0283. The van der Waals surface area contributed by atoms with Gasteiger partial charge in [-0.15, -0.1) is 11.3 Å². The smallest absolute Gasteiger partial charge is 0.406 e. The van der Waals surface area contributed by atoms with Crippen LogP contribution in [0, 0.1) is 0 Å². The van der Waals surface area contributed by atoms with Gasteiger partial charge >= 0.3 is 6.09 Å². The fraction of sp³-hybridized carbons (Fsp3) is 0.652. The molecule has 0 spiro atoms. The second kappa shape index (κ2) is 10.4. The third-order valence-electron chi connectivity index (χ3n) is 5.77. The third kappa shape index (κ3) is 5.64. The minimum Gasteiger partial charge on any atom is -0.453 e. The first-order valence-electron chi connectivity index (χ1n) is 11.0. The van der Waals surface area contributed by atoms with Crippen molar-refractivity contribution in [2.75, 3.05) is 20.3 Å². The summed E-state index contributed by atoms with van der Waals surface area (Å²) in [6, 6.07) is 2.59. The van der Waals surface area contributed by atoms with Gasteiger partial charge in [0.2, 0.25) is 0 Å². The Morgan fingerprint density at radius 1 is 1.37 bits per heavy atom. The molecule has 2 heterocycles. The average Bonchev–Trinajstić information content (AvgIpc) is 3.48. The molecule has 1 N–H and O–H groups in total. The number of aryl methyl sites for hydroxylation is 1. The molecule has 2 amide bonds. The van der Waals surface area contributed by atoms with Crippen LogP contribution in [-0.4, -0.2) is 49.3 Å². The molecular formula is C23H34N2O4S. The van der Waals surface area contributed by atoms with E-state index in [2.05, 4.69) is 34.5 Å². The van der Waals surface area contributed by atoms with E-state index in [1.54, 1.807) is 11.3 Å². The molecule has 3 rings (SSSR count). The molecule has 0 aromatic carbocycles. The van der Waals surface area contributed by atoms with Crippen molar-refractivity contribution < 1.29 is 19.1 Å². The van der Waals surface area contributed by atoms with E-state index in [1.807, 2.05) is 6.92 Å². The van der Waals surface area contributed by atoms with Crippen LogP contribution in [0.4, 0.5) is 4.79 Å². The van der Waals surface area contributed by atoms with Crippen molar-refractivity contribution >= 4 is 28.9 Å². The summed E-state index contributed by atoms with van der Waals surface area (Å²) >= 11 is 1.74. The van der Waals surface area contributed by atoms with Gasteiger partial charge in [-0.25, -0.2) is 4.79 Å². The zero-order chi connectivity index (χ0) is 21.7. The van der Waals surface area contributed by atoms with Gasteiger partial charge in [-0.3, -0.25) is 4.79 Å². The molecule has 1 aliphatic carbocycles. The zero-order valence-corrected chi connectivity index (χ0v) is 19.2. The van der Waals surface area contributed by atoms with Crippen molar-refractivity contribution in [3.8, 4) is 0 Å². The van der Waals surface area contributed by atoms with Crippen molar-refractivity contribution in [3.63, 3.8) is 0 Å². The second-order valence-electron chi connectivity index (χ2n) is 8.31. The Hall–Kier alpha value is -1.86. The molecule has 2 atom stereocenters. The molecule has 30 heavy (non-hydrogen) atoms. The molecule has 7 heteroatoms. The molecule has 1 aliphatic heterocycles. The third-order valence-corrected chi connectivity index (χ3v) is 7.28. The lowest BCUT2D eigenvalue weighted by molar-refractivity contribution is -0.149. The number of ether oxygens (including phenoxy) is 2. The Bertz CT molecular complexity index is 765. The summed E-state index contributed by atoms with van der Waals surface area (Å²) < 4.78 is 10.4. The number of amides is 2. The molecule has 0 bridgehead atoms. The van der Waals surface area contributed by atoms with Gasteiger partial charge < -0.3 is 19.7 Å². The maximum Gasteiger partial charge on any atom is 0.406 e. The normalized spacial score (nSPS) is 19.8. The number of carbonyl (C=O) groups is 2. The molecule has 1 saturated heterocycles. The van der Waals surface area contributed by atoms with Gasteiger partial charge in [0.1, 0.15) is 6.10 Å². The van der Waals surface area contributed by atoms with Crippen molar-refractivity contribution in [2.45, 2.75) is 77.0 Å². The zero-order valence-electron chi connectivity index (χ0n) is 18.4. The Balaban J connectivity index is 1.71. The first kappa shape index (κ1) is 22.8. The van der Waals surface area contributed by atoms with Crippen molar-refractivity contribution in [1.82, 2.24) is 10.2 Å². The lowest BCUT2D eigenvalue weighted by Crippen LogP contribution is -2.44. The van der Waals surface area contributed by atoms with Crippen LogP contribution in [-0.2, 0) is 20.7 Å². The molecule has 1 aromatic rings. The molecule has 1 saturated carbocycles. The van der Waals surface area contributed by atoms with E-state index in [1.165, 1.54) is 22.4 Å². The van der Waals surface area contributed by atoms with Crippen LogP contribution in [0.2, 0.25) is 0 Å². The van der Waals surface area contributed by atoms with E-state index >= 15 is 0 Å². The monoisotopic (exact) mass is 434 g/mol. The predicted molar refractivity (Wildman–Crippen MR) is 120 cm³/mol. The predicted octanol–water partition coefficient (Wildman–Crippen LogP) is 4.69. The van der Waals surface area contributed by atoms with Gasteiger partial charge in [-0.2, -0.15) is 0 Å². The van der Waals surface area contributed by atoms with Crippen LogP contribution >= 0.6 is 11.3 Å². The summed E-state index contributed by atoms with van der Waals surface area (Å²) in [5.41, 5.74) is 2.27. The van der Waals surface area contributed by atoms with Crippen LogP contribution in [0.5, 0.6) is 0 Å². The lowest BCUT2D eigenvalue weighted by Gasteiger charge is -2.33. The molecular weight excluding hydrogens is 400 g/mol. The number of carbonyl (C=O) groups excluding carboxylic acids is 2. The van der Waals surface area contributed by atoms with Gasteiger partial charge in [0.25, 0.3) is 5.91 Å². The second-order valence-corrected chi connectivity index (χ2v) is 9.40. The maximum atomic E-state index is 13.3. The Labute approximate surface area is 183 Å². The van der Waals surface area contributed by atoms with Gasteiger partial charge in [0.05, 0.1) is 13.2 Å². The van der Waals surface area contributed by atoms with Crippen LogP contribution < -0.4 is 5.32 Å². The molecule has 2 fully saturated rings. The number of rotatable bonds is 9. The number of methoxy groups -OCH3 is 1. The number of thiophene rings is 1. The maximum absolute atomic E-state index is 13.3. The van der Waals surface area contributed by atoms with Crippen LogP contribution in [0.15, 0.2) is 12.6 Å². The molecule has 6 nitrogen and oxygen atoms in total. The van der Waals surface area contributed by atoms with E-state index in [9.17, 15) is 9.59 Å². The first-order chi connectivity index (χ1) is 14.4. The number of nitrogens with zero attached hydrogens (tertiary/aromatic N) is 1.